The van der Waals surface area contributed by atoms with Crippen LogP contribution in [0.4, 0.5) is 5.69 Å². The number of anilines is 1. The number of nitrogens with one attached hydrogen (secondary N) is 1. The summed E-state index contributed by atoms with van der Waals surface area (Å²) in [6, 6.07) is 8.59. The number of aromatic nitrogens is 1. The van der Waals surface area contributed by atoms with E-state index in [2.05, 4.69) is 24.1 Å². The Balaban J connectivity index is 1.60. The Kier molecular flexibility index (Phi) is 8.44. The first-order chi connectivity index (χ1) is 15.7. The van der Waals surface area contributed by atoms with Crippen LogP contribution in [-0.2, 0) is 16.1 Å². The largest absolute Gasteiger partial charge is 0.341 e. The fraction of sp³-hybridized carbons (Fsp3) is 0.440. The molecule has 1 N–H and O–H groups in total. The molecule has 1 saturated heterocycles. The number of nitrogens with zero attached hydrogens (tertiary/aromatic N) is 3. The van der Waals surface area contributed by atoms with Crippen LogP contribution in [0.1, 0.15) is 49.0 Å². The van der Waals surface area contributed by atoms with E-state index in [0.717, 1.165) is 12.0 Å². The van der Waals surface area contributed by atoms with Crippen LogP contribution in [0.5, 0.6) is 0 Å². The molecule has 1 aromatic heterocycles. The van der Waals surface area contributed by atoms with Crippen molar-refractivity contribution in [1.29, 1.82) is 0 Å². The average Bonchev–Trinajstić information content (AvgIpc) is 2.78. The number of halogens is 1. The Labute approximate surface area is 200 Å². The first-order valence-electron chi connectivity index (χ1n) is 11.2. The van der Waals surface area contributed by atoms with E-state index in [1.807, 2.05) is 17.0 Å². The summed E-state index contributed by atoms with van der Waals surface area (Å²) in [6.45, 7) is 6.07. The highest BCUT2D eigenvalue weighted by atomic mass is 35.5. The van der Waals surface area contributed by atoms with Crippen LogP contribution in [-0.4, -0.2) is 52.6 Å². The number of piperidine rings is 1. The highest BCUT2D eigenvalue weighted by Crippen LogP contribution is 2.27. The maximum Gasteiger partial charge on any atom is 0.256 e. The van der Waals surface area contributed by atoms with E-state index < -0.39 is 0 Å². The second kappa shape index (κ2) is 11.3. The number of hydrogen-bond donors (Lipinski definition) is 1. The maximum absolute atomic E-state index is 13.2. The summed E-state index contributed by atoms with van der Waals surface area (Å²) in [4.78, 5) is 45.7. The van der Waals surface area contributed by atoms with E-state index in [4.69, 9.17) is 11.6 Å². The summed E-state index contributed by atoms with van der Waals surface area (Å²) in [5.74, 6) is 0.236. The lowest BCUT2D eigenvalue weighted by Gasteiger charge is -2.35. The van der Waals surface area contributed by atoms with Gasteiger partial charge in [0.15, 0.2) is 0 Å². The molecule has 0 unspecified atom stereocenters. The summed E-state index contributed by atoms with van der Waals surface area (Å²) < 4.78 is 0. The van der Waals surface area contributed by atoms with Crippen LogP contribution >= 0.6 is 11.6 Å². The molecule has 0 saturated carbocycles. The minimum Gasteiger partial charge on any atom is -0.341 e. The Morgan fingerprint density at radius 1 is 1.15 bits per heavy atom. The molecule has 1 aromatic carbocycles. The highest BCUT2D eigenvalue weighted by Gasteiger charge is 2.28. The number of rotatable bonds is 7. The van der Waals surface area contributed by atoms with Crippen molar-refractivity contribution in [1.82, 2.24) is 14.8 Å². The van der Waals surface area contributed by atoms with Gasteiger partial charge in [-0.15, -0.1) is 0 Å². The number of carbonyl (C=O) groups excluding carboxylic acids is 3. The predicted molar refractivity (Wildman–Crippen MR) is 129 cm³/mol. The van der Waals surface area contributed by atoms with E-state index in [0.29, 0.717) is 47.7 Å². The third-order valence-electron chi connectivity index (χ3n) is 5.78. The van der Waals surface area contributed by atoms with E-state index in [1.54, 1.807) is 42.5 Å². The van der Waals surface area contributed by atoms with Crippen LogP contribution in [0.25, 0.3) is 0 Å². The van der Waals surface area contributed by atoms with Crippen molar-refractivity contribution in [2.75, 3.05) is 25.5 Å². The molecule has 0 radical (unpaired) electrons. The predicted octanol–water partition coefficient (Wildman–Crippen LogP) is 4.23. The van der Waals surface area contributed by atoms with E-state index in [1.165, 1.54) is 0 Å². The molecule has 3 rings (SSSR count). The minimum absolute atomic E-state index is 0.0181. The van der Waals surface area contributed by atoms with Gasteiger partial charge < -0.3 is 15.1 Å². The van der Waals surface area contributed by atoms with Crippen molar-refractivity contribution in [2.24, 2.45) is 11.8 Å². The SMILES string of the molecule is C[C@@H]1C[C@H](C)CN(C(=O)c2cc(Cl)ccc2NC(=O)CCC(=O)N(C)Cc2cccnc2)C1. The third kappa shape index (κ3) is 7.02. The number of carbonyl (C=O) groups is 3. The Hall–Kier alpha value is -2.93. The molecular weight excluding hydrogens is 440 g/mol. The van der Waals surface area contributed by atoms with Gasteiger partial charge in [0.2, 0.25) is 11.8 Å². The molecule has 2 aromatic rings. The van der Waals surface area contributed by atoms with Gasteiger partial charge in [-0.25, -0.2) is 0 Å². The van der Waals surface area contributed by atoms with Crippen molar-refractivity contribution in [2.45, 2.75) is 39.7 Å². The molecule has 0 aliphatic carbocycles. The molecule has 0 bridgehead atoms. The standard InChI is InChI=1S/C25H31ClN4O3/c1-17-11-18(2)15-30(14-17)25(33)21-12-20(26)6-7-22(21)28-23(31)8-9-24(32)29(3)16-19-5-4-10-27-13-19/h4-7,10,12-13,17-18H,8-9,11,14-16H2,1-3H3,(H,28,31)/t17-,18+. The van der Waals surface area contributed by atoms with Crippen LogP contribution in [0.3, 0.4) is 0 Å². The van der Waals surface area contributed by atoms with Gasteiger partial charge in [0.1, 0.15) is 0 Å². The summed E-state index contributed by atoms with van der Waals surface area (Å²) in [6.07, 6.45) is 4.56. The first kappa shape index (κ1) is 24.7. The fourth-order valence-electron chi connectivity index (χ4n) is 4.28. The maximum atomic E-state index is 13.2. The Bertz CT molecular complexity index is 988. The smallest absolute Gasteiger partial charge is 0.256 e. The van der Waals surface area contributed by atoms with Gasteiger partial charge in [0, 0.05) is 56.9 Å². The van der Waals surface area contributed by atoms with Crippen molar-refractivity contribution in [3.05, 3.63) is 58.9 Å². The average molecular weight is 471 g/mol. The van der Waals surface area contributed by atoms with Gasteiger partial charge in [0.05, 0.1) is 11.3 Å². The quantitative estimate of drug-likeness (QED) is 0.656. The number of hydrogen-bond acceptors (Lipinski definition) is 4. The van der Waals surface area contributed by atoms with E-state index in [9.17, 15) is 14.4 Å². The van der Waals surface area contributed by atoms with Crippen LogP contribution in [0.15, 0.2) is 42.7 Å². The zero-order chi connectivity index (χ0) is 24.0. The molecular formula is C25H31ClN4O3. The topological polar surface area (TPSA) is 82.6 Å². The van der Waals surface area contributed by atoms with Gasteiger partial charge in [-0.05, 0) is 48.1 Å². The molecule has 1 fully saturated rings. The zero-order valence-corrected chi connectivity index (χ0v) is 20.1. The van der Waals surface area contributed by atoms with Gasteiger partial charge in [-0.3, -0.25) is 19.4 Å². The zero-order valence-electron chi connectivity index (χ0n) is 19.4. The van der Waals surface area contributed by atoms with Gasteiger partial charge in [-0.1, -0.05) is 31.5 Å². The number of likely N-dealkylation sites (tertiary alicyclic amines) is 1. The summed E-state index contributed by atoms with van der Waals surface area (Å²) in [5.41, 5.74) is 1.71. The van der Waals surface area contributed by atoms with Crippen LogP contribution < -0.4 is 5.32 Å². The van der Waals surface area contributed by atoms with Crippen LogP contribution in [0, 0.1) is 11.8 Å². The van der Waals surface area contributed by atoms with Crippen molar-refractivity contribution >= 4 is 35.0 Å². The minimum atomic E-state index is -0.324. The Morgan fingerprint density at radius 3 is 2.55 bits per heavy atom. The van der Waals surface area contributed by atoms with Gasteiger partial charge >= 0.3 is 0 Å². The monoisotopic (exact) mass is 470 g/mol. The molecule has 33 heavy (non-hydrogen) atoms. The molecule has 7 nitrogen and oxygen atoms in total. The lowest BCUT2D eigenvalue weighted by Crippen LogP contribution is -2.42. The second-order valence-electron chi connectivity index (χ2n) is 9.01. The first-order valence-corrected chi connectivity index (χ1v) is 11.6. The van der Waals surface area contributed by atoms with Gasteiger partial charge in [0.25, 0.3) is 5.91 Å². The molecule has 8 heteroatoms. The van der Waals surface area contributed by atoms with Crippen LogP contribution in [0.2, 0.25) is 5.02 Å². The van der Waals surface area contributed by atoms with Crippen molar-refractivity contribution in [3.8, 4) is 0 Å². The van der Waals surface area contributed by atoms with E-state index in [-0.39, 0.29) is 30.6 Å². The molecule has 2 atom stereocenters. The fourth-order valence-corrected chi connectivity index (χ4v) is 4.45. The molecule has 176 valence electrons. The molecule has 2 heterocycles. The summed E-state index contributed by atoms with van der Waals surface area (Å²) in [7, 11) is 1.70. The molecule has 1 aliphatic heterocycles. The molecule has 3 amide bonds. The Morgan fingerprint density at radius 2 is 1.88 bits per heavy atom. The highest BCUT2D eigenvalue weighted by molar-refractivity contribution is 6.31. The van der Waals surface area contributed by atoms with Crippen molar-refractivity contribution < 1.29 is 14.4 Å². The third-order valence-corrected chi connectivity index (χ3v) is 6.01. The number of amides is 3. The van der Waals surface area contributed by atoms with Crippen molar-refractivity contribution in [3.63, 3.8) is 0 Å². The number of pyridine rings is 1. The van der Waals surface area contributed by atoms with Gasteiger partial charge in [-0.2, -0.15) is 0 Å². The summed E-state index contributed by atoms with van der Waals surface area (Å²) >= 11 is 6.16. The lowest BCUT2D eigenvalue weighted by atomic mass is 9.91. The number of benzene rings is 1. The van der Waals surface area contributed by atoms with E-state index >= 15 is 0 Å². The molecule has 0 spiro atoms. The molecule has 1 aliphatic rings. The normalized spacial score (nSPS) is 18.0. The lowest BCUT2D eigenvalue weighted by molar-refractivity contribution is -0.132. The summed E-state index contributed by atoms with van der Waals surface area (Å²) in [5, 5.41) is 3.23. The second-order valence-corrected chi connectivity index (χ2v) is 9.44.